The van der Waals surface area contributed by atoms with Gasteiger partial charge in [0.25, 0.3) is 0 Å². The highest BCUT2D eigenvalue weighted by molar-refractivity contribution is 6.32. The SMILES string of the molecule is OC1CCN(c2ncccc2Cl)N1. The van der Waals surface area contributed by atoms with E-state index >= 15 is 0 Å². The lowest BCUT2D eigenvalue weighted by atomic mass is 10.4. The van der Waals surface area contributed by atoms with Crippen molar-refractivity contribution in [3.8, 4) is 0 Å². The highest BCUT2D eigenvalue weighted by Crippen LogP contribution is 2.23. The summed E-state index contributed by atoms with van der Waals surface area (Å²) in [6.07, 6.45) is 1.87. The largest absolute Gasteiger partial charge is 0.377 e. The third-order valence-electron chi connectivity index (χ3n) is 1.93. The number of aromatic nitrogens is 1. The van der Waals surface area contributed by atoms with Crippen molar-refractivity contribution in [3.05, 3.63) is 23.4 Å². The Morgan fingerprint density at radius 3 is 3.15 bits per heavy atom. The highest BCUT2D eigenvalue weighted by atomic mass is 35.5. The molecule has 70 valence electrons. The lowest BCUT2D eigenvalue weighted by molar-refractivity contribution is 0.159. The summed E-state index contributed by atoms with van der Waals surface area (Å²) in [6, 6.07) is 3.55. The van der Waals surface area contributed by atoms with Crippen molar-refractivity contribution < 1.29 is 5.11 Å². The summed E-state index contributed by atoms with van der Waals surface area (Å²) >= 11 is 5.93. The van der Waals surface area contributed by atoms with Gasteiger partial charge >= 0.3 is 0 Å². The smallest absolute Gasteiger partial charge is 0.161 e. The first-order valence-electron chi connectivity index (χ1n) is 4.09. The van der Waals surface area contributed by atoms with Crippen molar-refractivity contribution in [2.45, 2.75) is 12.6 Å². The zero-order chi connectivity index (χ0) is 9.26. The Bertz CT molecular complexity index is 307. The first-order chi connectivity index (χ1) is 6.27. The van der Waals surface area contributed by atoms with E-state index in [2.05, 4.69) is 10.4 Å². The molecule has 0 radical (unpaired) electrons. The molecule has 1 aliphatic heterocycles. The third kappa shape index (κ3) is 1.75. The Morgan fingerprint density at radius 1 is 1.69 bits per heavy atom. The zero-order valence-electron chi connectivity index (χ0n) is 6.94. The molecule has 1 fully saturated rings. The number of aliphatic hydroxyl groups is 1. The Hall–Kier alpha value is -0.840. The van der Waals surface area contributed by atoms with E-state index in [0.29, 0.717) is 17.3 Å². The van der Waals surface area contributed by atoms with E-state index in [1.807, 2.05) is 0 Å². The average Bonchev–Trinajstić information content (AvgIpc) is 2.53. The van der Waals surface area contributed by atoms with Gasteiger partial charge in [0.15, 0.2) is 5.82 Å². The second kappa shape index (κ2) is 3.49. The summed E-state index contributed by atoms with van der Waals surface area (Å²) in [4.78, 5) is 4.12. The molecule has 0 amide bonds. The van der Waals surface area contributed by atoms with Gasteiger partial charge in [-0.15, -0.1) is 0 Å². The number of aliphatic hydroxyl groups excluding tert-OH is 1. The number of hydrazine groups is 1. The van der Waals surface area contributed by atoms with Crippen molar-refractivity contribution >= 4 is 17.4 Å². The van der Waals surface area contributed by atoms with Crippen LogP contribution in [0.4, 0.5) is 5.82 Å². The Balaban J connectivity index is 2.21. The van der Waals surface area contributed by atoms with E-state index in [0.717, 1.165) is 6.54 Å². The van der Waals surface area contributed by atoms with Crippen LogP contribution in [0.15, 0.2) is 18.3 Å². The summed E-state index contributed by atoms with van der Waals surface area (Å²) in [5, 5.41) is 11.6. The van der Waals surface area contributed by atoms with Crippen LogP contribution in [0.25, 0.3) is 0 Å². The van der Waals surface area contributed by atoms with E-state index in [1.54, 1.807) is 23.3 Å². The van der Waals surface area contributed by atoms with Crippen molar-refractivity contribution in [1.82, 2.24) is 10.4 Å². The van der Waals surface area contributed by atoms with Crippen LogP contribution in [0, 0.1) is 0 Å². The molecule has 13 heavy (non-hydrogen) atoms. The minimum absolute atomic E-state index is 0.488. The van der Waals surface area contributed by atoms with Gasteiger partial charge in [-0.05, 0) is 12.1 Å². The molecule has 2 N–H and O–H groups in total. The van der Waals surface area contributed by atoms with E-state index in [9.17, 15) is 5.11 Å². The average molecular weight is 200 g/mol. The number of hydrogen-bond acceptors (Lipinski definition) is 4. The molecule has 0 aliphatic carbocycles. The number of pyridine rings is 1. The maximum absolute atomic E-state index is 9.23. The molecular formula is C8H10ClN3O. The summed E-state index contributed by atoms with van der Waals surface area (Å²) in [5.74, 6) is 0.667. The zero-order valence-corrected chi connectivity index (χ0v) is 7.70. The Morgan fingerprint density at radius 2 is 2.54 bits per heavy atom. The van der Waals surface area contributed by atoms with Gasteiger partial charge < -0.3 is 5.11 Å². The van der Waals surface area contributed by atoms with Crippen LogP contribution in [0.3, 0.4) is 0 Å². The number of rotatable bonds is 1. The van der Waals surface area contributed by atoms with Gasteiger partial charge in [0.05, 0.1) is 5.02 Å². The van der Waals surface area contributed by atoms with E-state index in [1.165, 1.54) is 0 Å². The summed E-state index contributed by atoms with van der Waals surface area (Å²) < 4.78 is 0. The van der Waals surface area contributed by atoms with Crippen molar-refractivity contribution in [2.24, 2.45) is 0 Å². The fourth-order valence-electron chi connectivity index (χ4n) is 1.30. The molecule has 2 heterocycles. The van der Waals surface area contributed by atoms with Crippen molar-refractivity contribution in [3.63, 3.8) is 0 Å². The first kappa shape index (κ1) is 8.74. The van der Waals surface area contributed by atoms with Crippen LogP contribution in [-0.2, 0) is 0 Å². The fraction of sp³-hybridized carbons (Fsp3) is 0.375. The molecule has 1 aliphatic rings. The number of nitrogens with zero attached hydrogens (tertiary/aromatic N) is 2. The second-order valence-corrected chi connectivity index (χ2v) is 3.30. The predicted molar refractivity (Wildman–Crippen MR) is 50.4 cm³/mol. The predicted octanol–water partition coefficient (Wildman–Crippen LogP) is 0.768. The van der Waals surface area contributed by atoms with Crippen LogP contribution in [0.2, 0.25) is 5.02 Å². The van der Waals surface area contributed by atoms with Crippen LogP contribution >= 0.6 is 11.6 Å². The molecule has 0 bridgehead atoms. The van der Waals surface area contributed by atoms with Crippen LogP contribution in [-0.4, -0.2) is 22.9 Å². The number of anilines is 1. The minimum atomic E-state index is -0.488. The molecule has 2 rings (SSSR count). The molecular weight excluding hydrogens is 190 g/mol. The molecule has 1 unspecified atom stereocenters. The van der Waals surface area contributed by atoms with Gasteiger partial charge in [0.1, 0.15) is 6.23 Å². The van der Waals surface area contributed by atoms with Gasteiger partial charge in [-0.25, -0.2) is 10.4 Å². The Kier molecular flexibility index (Phi) is 2.35. The van der Waals surface area contributed by atoms with Gasteiger partial charge in [-0.2, -0.15) is 0 Å². The summed E-state index contributed by atoms with van der Waals surface area (Å²) in [5.41, 5.74) is 2.85. The molecule has 0 aromatic carbocycles. The van der Waals surface area contributed by atoms with Crippen LogP contribution in [0.5, 0.6) is 0 Å². The number of halogens is 1. The van der Waals surface area contributed by atoms with Gasteiger partial charge in [-0.1, -0.05) is 11.6 Å². The maximum Gasteiger partial charge on any atom is 0.161 e. The Labute approximate surface area is 81.1 Å². The molecule has 4 nitrogen and oxygen atoms in total. The number of nitrogens with one attached hydrogen (secondary N) is 1. The molecule has 1 atom stereocenters. The lowest BCUT2D eigenvalue weighted by Gasteiger charge is -2.17. The van der Waals surface area contributed by atoms with Gasteiger partial charge in [-0.3, -0.25) is 5.01 Å². The summed E-state index contributed by atoms with van der Waals surface area (Å²) in [6.45, 7) is 0.720. The maximum atomic E-state index is 9.23. The number of hydrogen-bond donors (Lipinski definition) is 2. The molecule has 0 spiro atoms. The van der Waals surface area contributed by atoms with E-state index < -0.39 is 6.23 Å². The van der Waals surface area contributed by atoms with E-state index in [-0.39, 0.29) is 0 Å². The molecule has 1 aromatic rings. The normalized spacial score (nSPS) is 22.3. The first-order valence-corrected chi connectivity index (χ1v) is 4.47. The lowest BCUT2D eigenvalue weighted by Crippen LogP contribution is -2.36. The minimum Gasteiger partial charge on any atom is -0.377 e. The van der Waals surface area contributed by atoms with Crippen LogP contribution in [0.1, 0.15) is 6.42 Å². The monoisotopic (exact) mass is 199 g/mol. The quantitative estimate of drug-likeness (QED) is 0.702. The standard InChI is InChI=1S/C8H10ClN3O/c9-6-2-1-4-10-8(6)12-5-3-7(13)11-12/h1-2,4,7,11,13H,3,5H2. The summed E-state index contributed by atoms with van der Waals surface area (Å²) in [7, 11) is 0. The molecule has 5 heteroatoms. The van der Waals surface area contributed by atoms with Gasteiger partial charge in [0, 0.05) is 19.2 Å². The van der Waals surface area contributed by atoms with Crippen molar-refractivity contribution in [2.75, 3.05) is 11.6 Å². The molecule has 0 saturated carbocycles. The van der Waals surface area contributed by atoms with Gasteiger partial charge in [0.2, 0.25) is 0 Å². The molecule has 1 aromatic heterocycles. The third-order valence-corrected chi connectivity index (χ3v) is 2.22. The topological polar surface area (TPSA) is 48.4 Å². The van der Waals surface area contributed by atoms with E-state index in [4.69, 9.17) is 11.6 Å². The van der Waals surface area contributed by atoms with Crippen LogP contribution < -0.4 is 10.4 Å². The van der Waals surface area contributed by atoms with Crippen molar-refractivity contribution in [1.29, 1.82) is 0 Å². The second-order valence-electron chi connectivity index (χ2n) is 2.89. The molecule has 1 saturated heterocycles. The highest BCUT2D eigenvalue weighted by Gasteiger charge is 2.21. The fourth-order valence-corrected chi connectivity index (χ4v) is 1.53.